The number of aliphatic hydroxyl groups is 1. The number of aliphatic imine (C=N–C) groups is 1. The molecule has 0 saturated carbocycles. The van der Waals surface area contributed by atoms with Crippen molar-refractivity contribution >= 4 is 5.96 Å². The highest BCUT2D eigenvalue weighted by atomic mass is 16.5. The van der Waals surface area contributed by atoms with Gasteiger partial charge in [-0.1, -0.05) is 0 Å². The Morgan fingerprint density at radius 1 is 1.32 bits per heavy atom. The molecule has 28 heavy (non-hydrogen) atoms. The fraction of sp³-hybridized carbons (Fsp3) is 0.842. The number of aliphatic hydroxyl groups excluding tert-OH is 1. The van der Waals surface area contributed by atoms with Crippen LogP contribution in [0.15, 0.2) is 4.99 Å². The van der Waals surface area contributed by atoms with Gasteiger partial charge in [0.15, 0.2) is 11.8 Å². The fourth-order valence-electron chi connectivity index (χ4n) is 3.81. The molecule has 1 atom stereocenters. The second-order valence-corrected chi connectivity index (χ2v) is 7.63. The number of fused-ring (bicyclic) bond motifs is 1. The van der Waals surface area contributed by atoms with E-state index in [0.29, 0.717) is 12.6 Å². The monoisotopic (exact) mass is 393 g/mol. The average Bonchev–Trinajstić information content (AvgIpc) is 3.08. The van der Waals surface area contributed by atoms with Gasteiger partial charge in [0.1, 0.15) is 12.4 Å². The number of aromatic nitrogens is 3. The third-order valence-corrected chi connectivity index (χ3v) is 5.32. The van der Waals surface area contributed by atoms with Crippen LogP contribution in [-0.4, -0.2) is 82.7 Å². The van der Waals surface area contributed by atoms with E-state index in [1.54, 1.807) is 7.11 Å². The summed E-state index contributed by atoms with van der Waals surface area (Å²) in [5.74, 6) is 2.67. The summed E-state index contributed by atoms with van der Waals surface area (Å²) < 4.78 is 7.12. The molecule has 3 N–H and O–H groups in total. The summed E-state index contributed by atoms with van der Waals surface area (Å²) >= 11 is 0. The number of hydrogen-bond donors (Lipinski definition) is 3. The Kier molecular flexibility index (Phi) is 8.05. The molecule has 3 heterocycles. The van der Waals surface area contributed by atoms with Gasteiger partial charge in [0, 0.05) is 45.8 Å². The van der Waals surface area contributed by atoms with Gasteiger partial charge < -0.3 is 25.4 Å². The summed E-state index contributed by atoms with van der Waals surface area (Å²) in [6, 6.07) is 0.297. The smallest absolute Gasteiger partial charge is 0.191 e. The van der Waals surface area contributed by atoms with E-state index >= 15 is 0 Å². The van der Waals surface area contributed by atoms with Crippen molar-refractivity contribution < 1.29 is 9.84 Å². The maximum Gasteiger partial charge on any atom is 0.191 e. The molecule has 0 radical (unpaired) electrons. The Hall–Kier alpha value is -1.71. The molecule has 1 fully saturated rings. The minimum atomic E-state index is -0.106. The number of methoxy groups -OCH3 is 1. The normalized spacial score (nSPS) is 21.5. The molecule has 2 aliphatic rings. The zero-order valence-electron chi connectivity index (χ0n) is 17.2. The van der Waals surface area contributed by atoms with Crippen LogP contribution in [0.25, 0.3) is 0 Å². The average molecular weight is 394 g/mol. The molecule has 0 bridgehead atoms. The summed E-state index contributed by atoms with van der Waals surface area (Å²) in [5.41, 5.74) is 0. The molecular formula is C19H35N7O2. The quantitative estimate of drug-likeness (QED) is 0.328. The van der Waals surface area contributed by atoms with E-state index < -0.39 is 0 Å². The van der Waals surface area contributed by atoms with Gasteiger partial charge in [0.25, 0.3) is 0 Å². The number of hydrogen-bond acceptors (Lipinski definition) is 6. The van der Waals surface area contributed by atoms with Crippen molar-refractivity contribution in [2.75, 3.05) is 39.8 Å². The van der Waals surface area contributed by atoms with Gasteiger partial charge in [-0.25, -0.2) is 9.67 Å². The minimum absolute atomic E-state index is 0.106. The van der Waals surface area contributed by atoms with E-state index in [-0.39, 0.29) is 6.10 Å². The van der Waals surface area contributed by atoms with Crippen molar-refractivity contribution in [1.29, 1.82) is 0 Å². The van der Waals surface area contributed by atoms with Gasteiger partial charge in [-0.3, -0.25) is 4.99 Å². The number of ether oxygens (including phenoxy) is 1. The third kappa shape index (κ3) is 6.15. The van der Waals surface area contributed by atoms with Gasteiger partial charge in [-0.05, 0) is 39.2 Å². The van der Waals surface area contributed by atoms with Crippen LogP contribution < -0.4 is 10.6 Å². The van der Waals surface area contributed by atoms with Crippen molar-refractivity contribution in [2.45, 2.75) is 64.3 Å². The molecule has 3 rings (SSSR count). The van der Waals surface area contributed by atoms with Crippen LogP contribution in [0, 0.1) is 0 Å². The Labute approximate surface area is 167 Å². The lowest BCUT2D eigenvalue weighted by molar-refractivity contribution is 0.0824. The van der Waals surface area contributed by atoms with Crippen LogP contribution in [0.2, 0.25) is 0 Å². The van der Waals surface area contributed by atoms with Gasteiger partial charge in [0.2, 0.25) is 0 Å². The topological polar surface area (TPSA) is 99.8 Å². The van der Waals surface area contributed by atoms with Gasteiger partial charge in [-0.2, -0.15) is 5.10 Å². The van der Waals surface area contributed by atoms with Crippen molar-refractivity contribution in [3.8, 4) is 0 Å². The first-order valence-electron chi connectivity index (χ1n) is 10.5. The number of guanidine groups is 1. The highest BCUT2D eigenvalue weighted by molar-refractivity contribution is 5.80. The minimum Gasteiger partial charge on any atom is -0.393 e. The number of aryl methyl sites for hydroxylation is 1. The molecule has 1 saturated heterocycles. The highest BCUT2D eigenvalue weighted by Gasteiger charge is 2.22. The van der Waals surface area contributed by atoms with E-state index in [1.807, 2.05) is 4.68 Å². The van der Waals surface area contributed by atoms with Crippen LogP contribution in [0.5, 0.6) is 0 Å². The highest BCUT2D eigenvalue weighted by Crippen LogP contribution is 2.13. The lowest BCUT2D eigenvalue weighted by Gasteiger charge is -2.29. The first kappa shape index (κ1) is 21.0. The second kappa shape index (κ2) is 10.7. The Bertz CT molecular complexity index is 626. The van der Waals surface area contributed by atoms with E-state index in [0.717, 1.165) is 89.0 Å². The van der Waals surface area contributed by atoms with Crippen molar-refractivity contribution in [1.82, 2.24) is 30.3 Å². The Morgan fingerprint density at radius 2 is 2.14 bits per heavy atom. The number of likely N-dealkylation sites (tertiary alicyclic amines) is 1. The predicted octanol–water partition coefficient (Wildman–Crippen LogP) is 0.141. The first-order valence-corrected chi connectivity index (χ1v) is 10.5. The summed E-state index contributed by atoms with van der Waals surface area (Å²) in [6.07, 6.45) is 4.65. The molecular weight excluding hydrogens is 358 g/mol. The van der Waals surface area contributed by atoms with Gasteiger partial charge in [0.05, 0.1) is 12.6 Å². The summed E-state index contributed by atoms with van der Waals surface area (Å²) in [7, 11) is 1.66. The molecule has 9 heteroatoms. The van der Waals surface area contributed by atoms with Crippen LogP contribution in [0.3, 0.4) is 0 Å². The standard InChI is InChI=1S/C19H35N7O2/c1-3-20-19(21-9-4-10-25-11-7-16(27)8-12-25)22-15-5-6-18-23-17(14-28-2)24-26(18)13-15/h15-16,27H,3-14H2,1-2H3,(H2,20,21,22). The molecule has 1 unspecified atom stereocenters. The van der Waals surface area contributed by atoms with E-state index in [9.17, 15) is 5.11 Å². The lowest BCUT2D eigenvalue weighted by atomic mass is 10.1. The van der Waals surface area contributed by atoms with Crippen LogP contribution in [-0.2, 0) is 24.3 Å². The van der Waals surface area contributed by atoms with Crippen molar-refractivity contribution in [3.63, 3.8) is 0 Å². The maximum absolute atomic E-state index is 9.59. The van der Waals surface area contributed by atoms with E-state index in [2.05, 4.69) is 32.5 Å². The van der Waals surface area contributed by atoms with Crippen molar-refractivity contribution in [2.24, 2.45) is 4.99 Å². The van der Waals surface area contributed by atoms with Crippen LogP contribution in [0.4, 0.5) is 0 Å². The summed E-state index contributed by atoms with van der Waals surface area (Å²) in [5, 5.41) is 21.0. The molecule has 0 aromatic carbocycles. The number of nitrogens with zero attached hydrogens (tertiary/aromatic N) is 5. The van der Waals surface area contributed by atoms with Crippen molar-refractivity contribution in [3.05, 3.63) is 11.6 Å². The van der Waals surface area contributed by atoms with Gasteiger partial charge >= 0.3 is 0 Å². The molecule has 0 aliphatic carbocycles. The molecule has 0 amide bonds. The molecule has 1 aromatic rings. The lowest BCUT2D eigenvalue weighted by Crippen LogP contribution is -2.47. The number of piperidine rings is 1. The maximum atomic E-state index is 9.59. The van der Waals surface area contributed by atoms with Gasteiger partial charge in [-0.15, -0.1) is 0 Å². The summed E-state index contributed by atoms with van der Waals surface area (Å²) in [6.45, 7) is 8.02. The molecule has 9 nitrogen and oxygen atoms in total. The zero-order valence-corrected chi connectivity index (χ0v) is 17.2. The third-order valence-electron chi connectivity index (χ3n) is 5.32. The largest absolute Gasteiger partial charge is 0.393 e. The van der Waals surface area contributed by atoms with Crippen LogP contribution >= 0.6 is 0 Å². The Morgan fingerprint density at radius 3 is 2.89 bits per heavy atom. The molecule has 1 aromatic heterocycles. The fourth-order valence-corrected chi connectivity index (χ4v) is 3.81. The zero-order chi connectivity index (χ0) is 19.8. The molecule has 158 valence electrons. The Balaban J connectivity index is 1.45. The SMILES string of the molecule is CCNC(=NCCCN1CCC(O)CC1)NC1CCc2nc(COC)nn2C1. The first-order chi connectivity index (χ1) is 13.7. The number of nitrogens with one attached hydrogen (secondary N) is 2. The second-order valence-electron chi connectivity index (χ2n) is 7.63. The molecule has 0 spiro atoms. The molecule has 2 aliphatic heterocycles. The number of rotatable bonds is 8. The van der Waals surface area contributed by atoms with E-state index in [4.69, 9.17) is 9.73 Å². The summed E-state index contributed by atoms with van der Waals surface area (Å²) in [4.78, 5) is 11.7. The van der Waals surface area contributed by atoms with E-state index in [1.165, 1.54) is 0 Å². The van der Waals surface area contributed by atoms with Crippen LogP contribution in [0.1, 0.15) is 44.3 Å². The predicted molar refractivity (Wildman–Crippen MR) is 108 cm³/mol.